The second kappa shape index (κ2) is 7.36. The number of imidazole rings is 1. The molecule has 7 heteroatoms. The van der Waals surface area contributed by atoms with E-state index >= 15 is 0 Å². The molecule has 2 rings (SSSR count). The molecule has 0 aliphatic heterocycles. The van der Waals surface area contributed by atoms with Crippen molar-refractivity contribution < 1.29 is 9.53 Å². The molecule has 1 heterocycles. The van der Waals surface area contributed by atoms with Gasteiger partial charge in [-0.3, -0.25) is 0 Å². The van der Waals surface area contributed by atoms with Gasteiger partial charge in [0, 0.05) is 29.3 Å². The van der Waals surface area contributed by atoms with Gasteiger partial charge >= 0.3 is 6.09 Å². The number of carbonyl (C=O) groups excluding carboxylic acids is 1. The van der Waals surface area contributed by atoms with Crippen LogP contribution in [0.25, 0.3) is 5.69 Å². The number of ether oxygens (including phenoxy) is 1. The average Bonchev–Trinajstić information content (AvgIpc) is 2.85. The summed E-state index contributed by atoms with van der Waals surface area (Å²) in [6.07, 6.45) is 3.66. The average molecular weight is 401 g/mol. The quantitative estimate of drug-likeness (QED) is 0.830. The number of benzene rings is 1. The van der Waals surface area contributed by atoms with E-state index in [0.29, 0.717) is 18.0 Å². The lowest BCUT2D eigenvalue weighted by molar-refractivity contribution is 0.0528. The second-order valence-electron chi connectivity index (χ2n) is 6.03. The molecule has 1 aromatic carbocycles. The van der Waals surface area contributed by atoms with Crippen LogP contribution in [0, 0.1) is 0 Å². The van der Waals surface area contributed by atoms with Crippen LogP contribution in [0.4, 0.5) is 4.79 Å². The van der Waals surface area contributed by atoms with Gasteiger partial charge < -0.3 is 14.6 Å². The number of nitrogens with zero attached hydrogens (tertiary/aromatic N) is 2. The Bertz CT molecular complexity index is 695. The Morgan fingerprint density at radius 1 is 1.43 bits per heavy atom. The molecule has 0 atom stereocenters. The lowest BCUT2D eigenvalue weighted by atomic mass is 10.2. The zero-order valence-electron chi connectivity index (χ0n) is 13.3. The Hall–Kier alpha value is -1.53. The van der Waals surface area contributed by atoms with Crippen LogP contribution in [0.5, 0.6) is 0 Å². The summed E-state index contributed by atoms with van der Waals surface area (Å²) in [7, 11) is 0. The fraction of sp³-hybridized carbons (Fsp3) is 0.375. The zero-order valence-corrected chi connectivity index (χ0v) is 15.6. The first-order chi connectivity index (χ1) is 10.8. The van der Waals surface area contributed by atoms with Crippen molar-refractivity contribution in [3.8, 4) is 5.69 Å². The van der Waals surface area contributed by atoms with Crippen LogP contribution < -0.4 is 5.32 Å². The lowest BCUT2D eigenvalue weighted by Gasteiger charge is -2.19. The summed E-state index contributed by atoms with van der Waals surface area (Å²) in [6, 6.07) is 5.67. The summed E-state index contributed by atoms with van der Waals surface area (Å²) in [5.74, 6) is 0. The Morgan fingerprint density at radius 2 is 2.17 bits per heavy atom. The third kappa shape index (κ3) is 5.25. The van der Waals surface area contributed by atoms with Crippen LogP contribution in [-0.2, 0) is 11.2 Å². The maximum atomic E-state index is 11.7. The molecule has 0 unspecified atom stereocenters. The molecule has 124 valence electrons. The van der Waals surface area contributed by atoms with Crippen molar-refractivity contribution in [1.29, 1.82) is 0 Å². The highest BCUT2D eigenvalue weighted by atomic mass is 79.9. The minimum absolute atomic E-state index is 0.426. The van der Waals surface area contributed by atoms with Crippen molar-refractivity contribution in [1.82, 2.24) is 14.9 Å². The van der Waals surface area contributed by atoms with Crippen LogP contribution >= 0.6 is 27.5 Å². The molecule has 0 fully saturated rings. The number of aromatic nitrogens is 2. The number of rotatable bonds is 4. The number of hydrogen-bond acceptors (Lipinski definition) is 3. The van der Waals surface area contributed by atoms with Gasteiger partial charge in [-0.05, 0) is 39.0 Å². The van der Waals surface area contributed by atoms with Gasteiger partial charge in [-0.25, -0.2) is 9.78 Å². The van der Waals surface area contributed by atoms with Crippen LogP contribution in [0.1, 0.15) is 26.5 Å². The van der Waals surface area contributed by atoms with E-state index in [2.05, 4.69) is 26.2 Å². The number of alkyl carbamates (subject to hydrolysis) is 1. The van der Waals surface area contributed by atoms with E-state index in [1.54, 1.807) is 12.5 Å². The molecule has 0 saturated heterocycles. The molecule has 0 aliphatic rings. The maximum Gasteiger partial charge on any atom is 0.407 e. The van der Waals surface area contributed by atoms with Gasteiger partial charge in [-0.1, -0.05) is 27.5 Å². The van der Waals surface area contributed by atoms with E-state index in [4.69, 9.17) is 16.3 Å². The SMILES string of the molecule is CC(C)(C)OC(=O)NCCc1cncn1-c1ccc(Br)cc1Cl. The Kier molecular flexibility index (Phi) is 5.70. The Labute approximate surface area is 149 Å². The molecule has 1 N–H and O–H groups in total. The van der Waals surface area contributed by atoms with Crippen molar-refractivity contribution in [2.24, 2.45) is 0 Å². The Balaban J connectivity index is 2.01. The molecular weight excluding hydrogens is 382 g/mol. The fourth-order valence-corrected chi connectivity index (χ4v) is 2.77. The lowest BCUT2D eigenvalue weighted by Crippen LogP contribution is -2.33. The first-order valence-corrected chi connectivity index (χ1v) is 8.37. The number of nitrogens with one attached hydrogen (secondary N) is 1. The highest BCUT2D eigenvalue weighted by Gasteiger charge is 2.16. The number of amides is 1. The van der Waals surface area contributed by atoms with E-state index in [1.165, 1.54) is 0 Å². The van der Waals surface area contributed by atoms with E-state index < -0.39 is 11.7 Å². The highest BCUT2D eigenvalue weighted by Crippen LogP contribution is 2.25. The molecule has 0 aliphatic carbocycles. The standard InChI is InChI=1S/C16H19BrClN3O2/c1-16(2,3)23-15(22)20-7-6-12-9-19-10-21(12)14-5-4-11(17)8-13(14)18/h4-5,8-10H,6-7H2,1-3H3,(H,20,22). The van der Waals surface area contributed by atoms with Gasteiger partial charge in [0.25, 0.3) is 0 Å². The van der Waals surface area contributed by atoms with E-state index in [9.17, 15) is 4.79 Å². The predicted octanol–water partition coefficient (Wildman–Crippen LogP) is 4.36. The van der Waals surface area contributed by atoms with E-state index in [1.807, 2.05) is 43.5 Å². The second-order valence-corrected chi connectivity index (χ2v) is 7.35. The van der Waals surface area contributed by atoms with Gasteiger partial charge in [0.2, 0.25) is 0 Å². The van der Waals surface area contributed by atoms with Crippen molar-refractivity contribution in [2.75, 3.05) is 6.54 Å². The zero-order chi connectivity index (χ0) is 17.0. The summed E-state index contributed by atoms with van der Waals surface area (Å²) in [5, 5.41) is 3.36. The number of carbonyl (C=O) groups is 1. The topological polar surface area (TPSA) is 56.1 Å². The summed E-state index contributed by atoms with van der Waals surface area (Å²) in [4.78, 5) is 15.8. The molecular formula is C16H19BrClN3O2. The minimum atomic E-state index is -0.503. The first kappa shape index (κ1) is 17.8. The summed E-state index contributed by atoms with van der Waals surface area (Å²) >= 11 is 9.67. The summed E-state index contributed by atoms with van der Waals surface area (Å²) in [6.45, 7) is 5.94. The minimum Gasteiger partial charge on any atom is -0.444 e. The maximum absolute atomic E-state index is 11.7. The normalized spacial score (nSPS) is 11.3. The Morgan fingerprint density at radius 3 is 2.83 bits per heavy atom. The monoisotopic (exact) mass is 399 g/mol. The number of hydrogen-bond donors (Lipinski definition) is 1. The molecule has 0 radical (unpaired) electrons. The largest absolute Gasteiger partial charge is 0.444 e. The molecule has 1 aromatic heterocycles. The molecule has 0 bridgehead atoms. The van der Waals surface area contributed by atoms with Crippen LogP contribution in [0.2, 0.25) is 5.02 Å². The summed E-state index contributed by atoms with van der Waals surface area (Å²) < 4.78 is 8.03. The van der Waals surface area contributed by atoms with Gasteiger partial charge in [0.05, 0.1) is 17.0 Å². The first-order valence-electron chi connectivity index (χ1n) is 7.20. The molecule has 0 spiro atoms. The third-order valence-corrected chi connectivity index (χ3v) is 3.73. The van der Waals surface area contributed by atoms with Crippen LogP contribution in [0.15, 0.2) is 35.2 Å². The van der Waals surface area contributed by atoms with Crippen molar-refractivity contribution in [2.45, 2.75) is 32.8 Å². The van der Waals surface area contributed by atoms with Crippen molar-refractivity contribution in [3.05, 3.63) is 45.9 Å². The predicted molar refractivity (Wildman–Crippen MR) is 94.2 cm³/mol. The van der Waals surface area contributed by atoms with Gasteiger partial charge in [-0.15, -0.1) is 0 Å². The smallest absolute Gasteiger partial charge is 0.407 e. The fourth-order valence-electron chi connectivity index (χ4n) is 2.01. The van der Waals surface area contributed by atoms with Crippen molar-refractivity contribution in [3.63, 3.8) is 0 Å². The molecule has 0 saturated carbocycles. The molecule has 1 amide bonds. The molecule has 2 aromatic rings. The highest BCUT2D eigenvalue weighted by molar-refractivity contribution is 9.10. The summed E-state index contributed by atoms with van der Waals surface area (Å²) in [5.41, 5.74) is 1.29. The third-order valence-electron chi connectivity index (χ3n) is 2.93. The van der Waals surface area contributed by atoms with Gasteiger partial charge in [0.15, 0.2) is 0 Å². The molecule has 5 nitrogen and oxygen atoms in total. The van der Waals surface area contributed by atoms with Crippen LogP contribution in [-0.4, -0.2) is 27.8 Å². The van der Waals surface area contributed by atoms with E-state index in [0.717, 1.165) is 15.9 Å². The van der Waals surface area contributed by atoms with Crippen molar-refractivity contribution >= 4 is 33.6 Å². The van der Waals surface area contributed by atoms with Gasteiger partial charge in [0.1, 0.15) is 5.60 Å². The van der Waals surface area contributed by atoms with Crippen LogP contribution in [0.3, 0.4) is 0 Å². The molecule has 23 heavy (non-hydrogen) atoms. The van der Waals surface area contributed by atoms with E-state index in [-0.39, 0.29) is 0 Å². The number of halogens is 2. The van der Waals surface area contributed by atoms with Gasteiger partial charge in [-0.2, -0.15) is 0 Å².